The SMILES string of the molecule is COCCn1ccc(NCc2nc(-c3cnn(C)c3)cs2)n1. The van der Waals surface area contributed by atoms with Crippen LogP contribution in [0.4, 0.5) is 5.82 Å². The highest BCUT2D eigenvalue weighted by Gasteiger charge is 2.07. The number of aryl methyl sites for hydroxylation is 1. The topological polar surface area (TPSA) is 69.8 Å². The van der Waals surface area contributed by atoms with E-state index in [-0.39, 0.29) is 0 Å². The van der Waals surface area contributed by atoms with E-state index in [0.717, 1.165) is 28.6 Å². The number of anilines is 1. The first-order chi connectivity index (χ1) is 10.7. The Morgan fingerprint density at radius 2 is 2.32 bits per heavy atom. The first-order valence-corrected chi connectivity index (χ1v) is 7.82. The smallest absolute Gasteiger partial charge is 0.148 e. The zero-order chi connectivity index (χ0) is 15.4. The molecule has 7 nitrogen and oxygen atoms in total. The Bertz CT molecular complexity index is 731. The van der Waals surface area contributed by atoms with Gasteiger partial charge in [0, 0.05) is 43.6 Å². The lowest BCUT2D eigenvalue weighted by Crippen LogP contribution is -2.06. The highest BCUT2D eigenvalue weighted by atomic mass is 32.1. The van der Waals surface area contributed by atoms with Gasteiger partial charge in [0.25, 0.3) is 0 Å². The molecule has 1 N–H and O–H groups in total. The van der Waals surface area contributed by atoms with Crippen LogP contribution in [0.15, 0.2) is 30.0 Å². The molecule has 3 rings (SSSR count). The highest BCUT2D eigenvalue weighted by Crippen LogP contribution is 2.21. The van der Waals surface area contributed by atoms with Gasteiger partial charge in [-0.25, -0.2) is 4.98 Å². The van der Waals surface area contributed by atoms with Gasteiger partial charge in [0.2, 0.25) is 0 Å². The number of nitrogens with one attached hydrogen (secondary N) is 1. The van der Waals surface area contributed by atoms with Crippen LogP contribution in [0.25, 0.3) is 11.3 Å². The van der Waals surface area contributed by atoms with E-state index in [0.29, 0.717) is 13.2 Å². The number of rotatable bonds is 7. The van der Waals surface area contributed by atoms with E-state index in [2.05, 4.69) is 20.5 Å². The largest absolute Gasteiger partial charge is 0.383 e. The predicted octanol–water partition coefficient (Wildman–Crippen LogP) is 2.00. The van der Waals surface area contributed by atoms with Crippen molar-refractivity contribution in [3.05, 3.63) is 35.0 Å². The summed E-state index contributed by atoms with van der Waals surface area (Å²) in [5.41, 5.74) is 1.99. The molecule has 0 bridgehead atoms. The van der Waals surface area contributed by atoms with Crippen LogP contribution in [0, 0.1) is 0 Å². The standard InChI is InChI=1S/C14H18N6OS/c1-19-9-11(7-16-19)12-10-22-14(17-12)8-15-13-3-4-20(18-13)5-6-21-2/h3-4,7,9-10H,5-6,8H2,1-2H3,(H,15,18). The summed E-state index contributed by atoms with van der Waals surface area (Å²) in [6.07, 6.45) is 5.72. The molecule has 0 fully saturated rings. The molecule has 0 aliphatic rings. The number of ether oxygens (including phenoxy) is 1. The Morgan fingerprint density at radius 1 is 1.41 bits per heavy atom. The van der Waals surface area contributed by atoms with Gasteiger partial charge in [-0.1, -0.05) is 0 Å². The summed E-state index contributed by atoms with van der Waals surface area (Å²) in [7, 11) is 3.59. The molecule has 3 heterocycles. The van der Waals surface area contributed by atoms with Gasteiger partial charge < -0.3 is 10.1 Å². The van der Waals surface area contributed by atoms with Gasteiger partial charge in [-0.05, 0) is 0 Å². The minimum absolute atomic E-state index is 0.655. The van der Waals surface area contributed by atoms with E-state index in [4.69, 9.17) is 4.74 Å². The van der Waals surface area contributed by atoms with Crippen molar-refractivity contribution in [1.29, 1.82) is 0 Å². The van der Waals surface area contributed by atoms with Crippen LogP contribution in [-0.4, -0.2) is 38.3 Å². The van der Waals surface area contributed by atoms with E-state index >= 15 is 0 Å². The third kappa shape index (κ3) is 3.52. The predicted molar refractivity (Wildman–Crippen MR) is 85.7 cm³/mol. The average Bonchev–Trinajstić information content (AvgIpc) is 3.23. The third-order valence-corrected chi connectivity index (χ3v) is 3.99. The molecule has 22 heavy (non-hydrogen) atoms. The van der Waals surface area contributed by atoms with Crippen molar-refractivity contribution in [2.45, 2.75) is 13.1 Å². The van der Waals surface area contributed by atoms with Crippen LogP contribution < -0.4 is 5.32 Å². The van der Waals surface area contributed by atoms with Crippen LogP contribution in [0.1, 0.15) is 5.01 Å². The Hall–Kier alpha value is -2.19. The van der Waals surface area contributed by atoms with Crippen molar-refractivity contribution in [3.63, 3.8) is 0 Å². The fraction of sp³-hybridized carbons (Fsp3) is 0.357. The molecule has 0 unspecified atom stereocenters. The fourth-order valence-electron chi connectivity index (χ4n) is 2.01. The number of hydrogen-bond donors (Lipinski definition) is 1. The van der Waals surface area contributed by atoms with Crippen molar-refractivity contribution in [2.75, 3.05) is 19.0 Å². The van der Waals surface area contributed by atoms with E-state index < -0.39 is 0 Å². The second-order valence-electron chi connectivity index (χ2n) is 4.84. The van der Waals surface area contributed by atoms with Crippen molar-refractivity contribution in [3.8, 4) is 11.3 Å². The molecule has 0 amide bonds. The molecule has 3 aromatic rings. The molecule has 0 saturated carbocycles. The Balaban J connectivity index is 1.57. The van der Waals surface area contributed by atoms with Gasteiger partial charge in [0.05, 0.1) is 31.6 Å². The minimum Gasteiger partial charge on any atom is -0.383 e. The van der Waals surface area contributed by atoms with Crippen molar-refractivity contribution in [1.82, 2.24) is 24.5 Å². The Labute approximate surface area is 132 Å². The van der Waals surface area contributed by atoms with Crippen LogP contribution >= 0.6 is 11.3 Å². The summed E-state index contributed by atoms with van der Waals surface area (Å²) in [5.74, 6) is 0.842. The number of aromatic nitrogens is 5. The number of nitrogens with zero attached hydrogens (tertiary/aromatic N) is 5. The lowest BCUT2D eigenvalue weighted by molar-refractivity contribution is 0.183. The summed E-state index contributed by atoms with van der Waals surface area (Å²) < 4.78 is 8.67. The molecule has 116 valence electrons. The number of thiazole rings is 1. The van der Waals surface area contributed by atoms with Gasteiger partial charge in [0.1, 0.15) is 10.8 Å². The van der Waals surface area contributed by atoms with Crippen LogP contribution in [0.2, 0.25) is 0 Å². The summed E-state index contributed by atoms with van der Waals surface area (Å²) in [5, 5.41) is 14.9. The summed E-state index contributed by atoms with van der Waals surface area (Å²) in [6.45, 7) is 2.06. The molecular weight excluding hydrogens is 300 g/mol. The zero-order valence-corrected chi connectivity index (χ0v) is 13.4. The van der Waals surface area contributed by atoms with E-state index in [9.17, 15) is 0 Å². The lowest BCUT2D eigenvalue weighted by Gasteiger charge is -2.01. The molecule has 0 radical (unpaired) electrons. The van der Waals surface area contributed by atoms with Crippen molar-refractivity contribution >= 4 is 17.2 Å². The van der Waals surface area contributed by atoms with Gasteiger partial charge in [-0.3, -0.25) is 9.36 Å². The monoisotopic (exact) mass is 318 g/mol. The van der Waals surface area contributed by atoms with E-state index in [1.54, 1.807) is 23.1 Å². The van der Waals surface area contributed by atoms with Gasteiger partial charge in [-0.2, -0.15) is 10.2 Å². The second-order valence-corrected chi connectivity index (χ2v) is 5.78. The normalized spacial score (nSPS) is 11.0. The molecular formula is C14H18N6OS. The minimum atomic E-state index is 0.655. The third-order valence-electron chi connectivity index (χ3n) is 3.14. The summed E-state index contributed by atoms with van der Waals surface area (Å²) in [6, 6.07) is 1.95. The fourth-order valence-corrected chi connectivity index (χ4v) is 2.75. The zero-order valence-electron chi connectivity index (χ0n) is 12.6. The van der Waals surface area contributed by atoms with Crippen LogP contribution in [0.5, 0.6) is 0 Å². The van der Waals surface area contributed by atoms with Gasteiger partial charge in [-0.15, -0.1) is 11.3 Å². The lowest BCUT2D eigenvalue weighted by atomic mass is 10.3. The average molecular weight is 318 g/mol. The molecule has 3 aromatic heterocycles. The molecule has 0 aromatic carbocycles. The summed E-state index contributed by atoms with van der Waals surface area (Å²) in [4.78, 5) is 4.61. The quantitative estimate of drug-likeness (QED) is 0.721. The van der Waals surface area contributed by atoms with Gasteiger partial charge >= 0.3 is 0 Å². The maximum atomic E-state index is 5.03. The van der Waals surface area contributed by atoms with Crippen molar-refractivity contribution < 1.29 is 4.74 Å². The van der Waals surface area contributed by atoms with Crippen molar-refractivity contribution in [2.24, 2.45) is 7.05 Å². The highest BCUT2D eigenvalue weighted by molar-refractivity contribution is 7.09. The molecule has 0 atom stereocenters. The Kier molecular flexibility index (Phi) is 4.50. The Morgan fingerprint density at radius 3 is 3.09 bits per heavy atom. The maximum Gasteiger partial charge on any atom is 0.148 e. The van der Waals surface area contributed by atoms with Gasteiger partial charge in [0.15, 0.2) is 0 Å². The molecule has 0 aliphatic carbocycles. The molecule has 0 saturated heterocycles. The molecule has 0 aliphatic heterocycles. The first kappa shape index (κ1) is 14.7. The second kappa shape index (κ2) is 6.71. The van der Waals surface area contributed by atoms with Crippen LogP contribution in [-0.2, 0) is 24.9 Å². The number of hydrogen-bond acceptors (Lipinski definition) is 6. The first-order valence-electron chi connectivity index (χ1n) is 6.94. The molecule has 0 spiro atoms. The number of methoxy groups -OCH3 is 1. The van der Waals surface area contributed by atoms with Crippen LogP contribution in [0.3, 0.4) is 0 Å². The molecule has 8 heteroatoms. The maximum absolute atomic E-state index is 5.03. The van der Waals surface area contributed by atoms with E-state index in [1.807, 2.05) is 41.8 Å². The van der Waals surface area contributed by atoms with E-state index in [1.165, 1.54) is 0 Å². The summed E-state index contributed by atoms with van der Waals surface area (Å²) >= 11 is 1.63.